The SMILES string of the molecule is O=C(Cn1cc(CN2C(=O)C(=O)c3ccc(C(F)(F)F)cc32)nn1)c1nc2ccccc2s1. The van der Waals surface area contributed by atoms with Crippen molar-refractivity contribution >= 4 is 44.7 Å². The number of carbonyl (C=O) groups excluding carboxylic acids is 3. The third-order valence-corrected chi connectivity index (χ3v) is 6.12. The molecule has 8 nitrogen and oxygen atoms in total. The third-order valence-electron chi connectivity index (χ3n) is 5.04. The van der Waals surface area contributed by atoms with Crippen molar-refractivity contribution < 1.29 is 27.6 Å². The summed E-state index contributed by atoms with van der Waals surface area (Å²) < 4.78 is 41.4. The Bertz CT molecular complexity index is 1410. The van der Waals surface area contributed by atoms with Crippen LogP contribution in [0, 0.1) is 0 Å². The Hall–Kier alpha value is -3.93. The quantitative estimate of drug-likeness (QED) is 0.326. The van der Waals surface area contributed by atoms with Gasteiger partial charge in [0.15, 0.2) is 5.01 Å². The van der Waals surface area contributed by atoms with Crippen molar-refractivity contribution in [1.82, 2.24) is 20.0 Å². The topological polar surface area (TPSA) is 98.1 Å². The summed E-state index contributed by atoms with van der Waals surface area (Å²) in [6, 6.07) is 9.84. The largest absolute Gasteiger partial charge is 0.416 e. The lowest BCUT2D eigenvalue weighted by Crippen LogP contribution is -2.29. The highest BCUT2D eigenvalue weighted by Crippen LogP contribution is 2.37. The molecular formula is C21H12F3N5O3S. The van der Waals surface area contributed by atoms with Crippen molar-refractivity contribution in [2.45, 2.75) is 19.3 Å². The van der Waals surface area contributed by atoms with E-state index in [0.29, 0.717) is 10.5 Å². The van der Waals surface area contributed by atoms with E-state index in [-0.39, 0.29) is 35.8 Å². The van der Waals surface area contributed by atoms with Gasteiger partial charge in [-0.1, -0.05) is 17.3 Å². The molecule has 1 aliphatic rings. The van der Waals surface area contributed by atoms with Crippen molar-refractivity contribution in [3.63, 3.8) is 0 Å². The van der Waals surface area contributed by atoms with Crippen LogP contribution in [0.5, 0.6) is 0 Å². The molecule has 3 heterocycles. The molecule has 5 rings (SSSR count). The maximum Gasteiger partial charge on any atom is 0.416 e. The van der Waals surface area contributed by atoms with Gasteiger partial charge in [-0.05, 0) is 30.3 Å². The van der Waals surface area contributed by atoms with Crippen LogP contribution >= 0.6 is 11.3 Å². The summed E-state index contributed by atoms with van der Waals surface area (Å²) in [7, 11) is 0. The summed E-state index contributed by atoms with van der Waals surface area (Å²) in [6.07, 6.45) is -3.23. The second-order valence-electron chi connectivity index (χ2n) is 7.27. The lowest BCUT2D eigenvalue weighted by molar-refractivity contribution is -0.137. The number of para-hydroxylation sites is 1. The monoisotopic (exact) mass is 471 g/mol. The van der Waals surface area contributed by atoms with Gasteiger partial charge < -0.3 is 0 Å². The second kappa shape index (κ2) is 7.59. The molecule has 2 aromatic heterocycles. The highest BCUT2D eigenvalue weighted by atomic mass is 32.1. The fraction of sp³-hybridized carbons (Fsp3) is 0.143. The van der Waals surface area contributed by atoms with Crippen molar-refractivity contribution in [2.24, 2.45) is 0 Å². The molecule has 4 aromatic rings. The van der Waals surface area contributed by atoms with Crippen LogP contribution in [0.2, 0.25) is 0 Å². The number of hydrogen-bond donors (Lipinski definition) is 0. The first kappa shape index (κ1) is 20.9. The van der Waals surface area contributed by atoms with E-state index < -0.39 is 23.4 Å². The molecule has 0 unspecified atom stereocenters. The van der Waals surface area contributed by atoms with E-state index in [1.54, 1.807) is 6.07 Å². The van der Waals surface area contributed by atoms with Gasteiger partial charge in [0.2, 0.25) is 5.78 Å². The van der Waals surface area contributed by atoms with Crippen LogP contribution in [0.15, 0.2) is 48.7 Å². The van der Waals surface area contributed by atoms with Gasteiger partial charge in [-0.25, -0.2) is 9.67 Å². The zero-order valence-electron chi connectivity index (χ0n) is 16.5. The van der Waals surface area contributed by atoms with Gasteiger partial charge >= 0.3 is 6.18 Å². The number of aromatic nitrogens is 4. The Kier molecular flexibility index (Phi) is 4.81. The van der Waals surface area contributed by atoms with Crippen molar-refractivity contribution in [1.29, 1.82) is 0 Å². The molecule has 0 saturated heterocycles. The zero-order valence-corrected chi connectivity index (χ0v) is 17.4. The molecule has 1 aliphatic heterocycles. The van der Waals surface area contributed by atoms with E-state index in [9.17, 15) is 27.6 Å². The van der Waals surface area contributed by atoms with Gasteiger partial charge in [0, 0.05) is 0 Å². The number of alkyl halides is 3. The summed E-state index contributed by atoms with van der Waals surface area (Å²) in [5.74, 6) is -2.14. The van der Waals surface area contributed by atoms with Gasteiger partial charge in [0.1, 0.15) is 12.2 Å². The van der Waals surface area contributed by atoms with Crippen LogP contribution in [-0.2, 0) is 24.1 Å². The first-order valence-corrected chi connectivity index (χ1v) is 10.4. The number of amides is 1. The third kappa shape index (κ3) is 3.78. The van der Waals surface area contributed by atoms with Crippen LogP contribution in [0.4, 0.5) is 18.9 Å². The molecule has 0 fully saturated rings. The number of nitrogens with zero attached hydrogens (tertiary/aromatic N) is 5. The molecule has 0 spiro atoms. The normalized spacial score (nSPS) is 13.7. The number of halogens is 3. The minimum Gasteiger partial charge on any atom is -0.299 e. The number of carbonyl (C=O) groups is 3. The Labute approximate surface area is 187 Å². The summed E-state index contributed by atoms with van der Waals surface area (Å²) >= 11 is 1.25. The predicted octanol–water partition coefficient (Wildman–Crippen LogP) is 3.52. The van der Waals surface area contributed by atoms with Crippen molar-refractivity contribution in [2.75, 3.05) is 4.90 Å². The van der Waals surface area contributed by atoms with E-state index in [0.717, 1.165) is 27.8 Å². The predicted molar refractivity (Wildman–Crippen MR) is 111 cm³/mol. The van der Waals surface area contributed by atoms with Crippen molar-refractivity contribution in [3.05, 3.63) is 70.5 Å². The molecular weight excluding hydrogens is 459 g/mol. The Morgan fingerprint density at radius 2 is 1.88 bits per heavy atom. The van der Waals surface area contributed by atoms with Crippen LogP contribution in [0.1, 0.15) is 31.4 Å². The molecule has 0 N–H and O–H groups in total. The number of anilines is 1. The fourth-order valence-corrected chi connectivity index (χ4v) is 4.38. The molecule has 0 aliphatic carbocycles. The number of benzene rings is 2. The van der Waals surface area contributed by atoms with Gasteiger partial charge in [-0.15, -0.1) is 16.4 Å². The Morgan fingerprint density at radius 3 is 2.64 bits per heavy atom. The average Bonchev–Trinajstić information content (AvgIpc) is 3.47. The summed E-state index contributed by atoms with van der Waals surface area (Å²) in [4.78, 5) is 42.3. The van der Waals surface area contributed by atoms with Gasteiger partial charge in [-0.3, -0.25) is 19.3 Å². The first-order valence-electron chi connectivity index (χ1n) is 9.56. The molecule has 0 radical (unpaired) electrons. The van der Waals surface area contributed by atoms with E-state index in [4.69, 9.17) is 0 Å². The number of thiazole rings is 1. The highest BCUT2D eigenvalue weighted by molar-refractivity contribution is 7.20. The van der Waals surface area contributed by atoms with E-state index >= 15 is 0 Å². The van der Waals surface area contributed by atoms with Gasteiger partial charge in [0.25, 0.3) is 11.7 Å². The molecule has 166 valence electrons. The van der Waals surface area contributed by atoms with Crippen LogP contribution in [0.25, 0.3) is 10.2 Å². The number of ketones is 2. The van der Waals surface area contributed by atoms with E-state index in [1.165, 1.54) is 22.2 Å². The van der Waals surface area contributed by atoms with E-state index in [2.05, 4.69) is 15.3 Å². The fourth-order valence-electron chi connectivity index (χ4n) is 3.48. The minimum absolute atomic E-state index is 0.105. The molecule has 33 heavy (non-hydrogen) atoms. The van der Waals surface area contributed by atoms with Gasteiger partial charge in [-0.2, -0.15) is 13.2 Å². The summed E-state index contributed by atoms with van der Waals surface area (Å²) in [5, 5.41) is 8.05. The smallest absolute Gasteiger partial charge is 0.299 e. The molecule has 1 amide bonds. The zero-order chi connectivity index (χ0) is 23.3. The lowest BCUT2D eigenvalue weighted by Gasteiger charge is -2.16. The van der Waals surface area contributed by atoms with Crippen LogP contribution < -0.4 is 4.90 Å². The first-order chi connectivity index (χ1) is 15.7. The van der Waals surface area contributed by atoms with Crippen molar-refractivity contribution in [3.8, 4) is 0 Å². The number of Topliss-reactive ketones (excluding diaryl/α,β-unsaturated/α-hetero) is 2. The number of rotatable bonds is 5. The summed E-state index contributed by atoms with van der Waals surface area (Å²) in [5.41, 5.74) is -0.303. The molecule has 0 atom stereocenters. The Balaban J connectivity index is 1.35. The van der Waals surface area contributed by atoms with E-state index in [1.807, 2.05) is 18.2 Å². The van der Waals surface area contributed by atoms with Gasteiger partial charge in [0.05, 0.1) is 39.8 Å². The second-order valence-corrected chi connectivity index (χ2v) is 8.30. The number of hydrogen-bond acceptors (Lipinski definition) is 7. The lowest BCUT2D eigenvalue weighted by atomic mass is 10.1. The average molecular weight is 471 g/mol. The molecule has 12 heteroatoms. The molecule has 0 saturated carbocycles. The molecule has 0 bridgehead atoms. The molecule has 2 aromatic carbocycles. The highest BCUT2D eigenvalue weighted by Gasteiger charge is 2.39. The maximum absolute atomic E-state index is 13.1. The number of fused-ring (bicyclic) bond motifs is 2. The van der Waals surface area contributed by atoms with Crippen LogP contribution in [0.3, 0.4) is 0 Å². The standard InChI is InChI=1S/C21H12F3N5O3S/c22-21(23,24)11-5-6-13-15(7-11)29(20(32)18(13)31)9-12-8-28(27-26-12)10-16(30)19-25-14-3-1-2-4-17(14)33-19/h1-8H,9-10H2. The summed E-state index contributed by atoms with van der Waals surface area (Å²) in [6.45, 7) is -0.428. The minimum atomic E-state index is -4.63. The van der Waals surface area contributed by atoms with Crippen LogP contribution in [-0.4, -0.2) is 37.5 Å². The Morgan fingerprint density at radius 1 is 1.09 bits per heavy atom. The maximum atomic E-state index is 13.1.